The van der Waals surface area contributed by atoms with Crippen LogP contribution in [0.1, 0.15) is 57.6 Å². The molecular weight excluding hydrogens is 474 g/mol. The van der Waals surface area contributed by atoms with Gasteiger partial charge in [-0.25, -0.2) is 0 Å². The summed E-state index contributed by atoms with van der Waals surface area (Å²) in [5, 5.41) is 20.5. The minimum atomic E-state index is -0.932. The Kier molecular flexibility index (Phi) is 6.64. The van der Waals surface area contributed by atoms with Crippen LogP contribution in [0.25, 0.3) is 0 Å². The average molecular weight is 510 g/mol. The predicted octanol–water partition coefficient (Wildman–Crippen LogP) is 4.20. The largest absolute Gasteiger partial charge is 0.393 e. The van der Waals surface area contributed by atoms with E-state index in [4.69, 9.17) is 11.6 Å². The summed E-state index contributed by atoms with van der Waals surface area (Å²) in [5.74, 6) is -0.455. The summed E-state index contributed by atoms with van der Waals surface area (Å²) in [6.45, 7) is 6.36. The molecule has 5 rings (SSSR count). The van der Waals surface area contributed by atoms with Gasteiger partial charge in [-0.05, 0) is 60.8 Å². The van der Waals surface area contributed by atoms with Crippen LogP contribution < -0.4 is 16.0 Å². The number of fused-ring (bicyclic) bond motifs is 2. The first kappa shape index (κ1) is 25.2. The fourth-order valence-corrected chi connectivity index (χ4v) is 6.91. The number of aliphatic hydroxyl groups is 1. The number of rotatable bonds is 4. The van der Waals surface area contributed by atoms with Gasteiger partial charge in [0.25, 0.3) is 0 Å². The van der Waals surface area contributed by atoms with Crippen molar-refractivity contribution in [2.24, 2.45) is 11.3 Å². The molecule has 2 aliphatic heterocycles. The number of amides is 2. The van der Waals surface area contributed by atoms with Crippen molar-refractivity contribution in [3.8, 4) is 0 Å². The maximum absolute atomic E-state index is 14.1. The monoisotopic (exact) mass is 509 g/mol. The van der Waals surface area contributed by atoms with Crippen molar-refractivity contribution in [3.05, 3.63) is 64.7 Å². The molecule has 2 heterocycles. The van der Waals surface area contributed by atoms with Gasteiger partial charge < -0.3 is 21.1 Å². The zero-order chi connectivity index (χ0) is 25.7. The molecule has 0 bridgehead atoms. The molecule has 1 saturated heterocycles. The van der Waals surface area contributed by atoms with Gasteiger partial charge in [0.1, 0.15) is 0 Å². The van der Waals surface area contributed by atoms with Crippen molar-refractivity contribution in [2.45, 2.75) is 82.5 Å². The Morgan fingerprint density at radius 1 is 1.11 bits per heavy atom. The number of nitrogens with one attached hydrogen (secondary N) is 3. The maximum Gasteiger partial charge on any atom is 0.237 e. The van der Waals surface area contributed by atoms with E-state index < -0.39 is 11.5 Å². The Hall–Kier alpha value is -2.41. The van der Waals surface area contributed by atoms with Crippen molar-refractivity contribution in [1.82, 2.24) is 10.6 Å². The van der Waals surface area contributed by atoms with Crippen LogP contribution in [-0.4, -0.2) is 41.2 Å². The van der Waals surface area contributed by atoms with Gasteiger partial charge in [0.05, 0.1) is 17.6 Å². The molecule has 1 saturated carbocycles. The molecule has 0 radical (unpaired) electrons. The van der Waals surface area contributed by atoms with Gasteiger partial charge in [0.15, 0.2) is 0 Å². The number of halogens is 1. The molecule has 2 fully saturated rings. The van der Waals surface area contributed by atoms with Crippen LogP contribution in [0.4, 0.5) is 5.69 Å². The third kappa shape index (κ3) is 4.33. The average Bonchev–Trinajstić information content (AvgIpc) is 3.31. The number of benzene rings is 2. The highest BCUT2D eigenvalue weighted by Crippen LogP contribution is 2.55. The lowest BCUT2D eigenvalue weighted by Gasteiger charge is -2.41. The fourth-order valence-electron chi connectivity index (χ4n) is 6.74. The van der Waals surface area contributed by atoms with Gasteiger partial charge >= 0.3 is 0 Å². The molecule has 4 N–H and O–H groups in total. The van der Waals surface area contributed by atoms with Crippen molar-refractivity contribution >= 4 is 29.1 Å². The first-order valence-electron chi connectivity index (χ1n) is 13.0. The zero-order valence-corrected chi connectivity index (χ0v) is 21.9. The third-order valence-corrected chi connectivity index (χ3v) is 8.57. The highest BCUT2D eigenvalue weighted by molar-refractivity contribution is 6.31. The van der Waals surface area contributed by atoms with Crippen LogP contribution in [0.15, 0.2) is 48.5 Å². The minimum absolute atomic E-state index is 0.0354. The molecule has 3 aliphatic rings. The van der Waals surface area contributed by atoms with E-state index in [2.05, 4.69) is 48.9 Å². The van der Waals surface area contributed by atoms with Crippen LogP contribution in [0.3, 0.4) is 0 Å². The van der Waals surface area contributed by atoms with Crippen LogP contribution >= 0.6 is 11.6 Å². The second-order valence-electron chi connectivity index (χ2n) is 11.8. The topological polar surface area (TPSA) is 90.5 Å². The molecule has 1 spiro atoms. The number of hydrogen-bond donors (Lipinski definition) is 4. The van der Waals surface area contributed by atoms with E-state index in [1.165, 1.54) is 0 Å². The first-order chi connectivity index (χ1) is 17.1. The fraction of sp³-hybridized carbons (Fsp3) is 0.517. The normalized spacial score (nSPS) is 31.8. The van der Waals surface area contributed by atoms with E-state index in [1.807, 2.05) is 36.4 Å². The summed E-state index contributed by atoms with van der Waals surface area (Å²) in [6, 6.07) is 14.9. The summed E-state index contributed by atoms with van der Waals surface area (Å²) in [4.78, 5) is 28.0. The molecule has 36 heavy (non-hydrogen) atoms. The van der Waals surface area contributed by atoms with Crippen LogP contribution in [0, 0.1) is 11.3 Å². The van der Waals surface area contributed by atoms with E-state index in [9.17, 15) is 14.7 Å². The van der Waals surface area contributed by atoms with Gasteiger partial charge in [-0.2, -0.15) is 0 Å². The van der Waals surface area contributed by atoms with E-state index in [0.29, 0.717) is 24.3 Å². The second kappa shape index (κ2) is 9.47. The standard InChI is InChI=1S/C29H36ClN3O3/c1-28(2,3)26-29(21-14-9-18(30)16-23(21)32-27(29)36)22(15-17-7-5-4-6-8-17)24(33-26)25(35)31-19-10-12-20(34)13-11-19/h4-9,14,16,19-20,22,24,26,33-34H,10-13,15H2,1-3H3,(H,31,35)(H,32,36)/t19?,20?,22-,24+,26?,29-/m0/s1. The first-order valence-corrected chi connectivity index (χ1v) is 13.4. The Labute approximate surface area is 218 Å². The maximum atomic E-state index is 14.1. The minimum Gasteiger partial charge on any atom is -0.393 e. The molecule has 6 nitrogen and oxygen atoms in total. The molecule has 1 aliphatic carbocycles. The van der Waals surface area contributed by atoms with Crippen molar-refractivity contribution in [3.63, 3.8) is 0 Å². The van der Waals surface area contributed by atoms with Gasteiger partial charge in [-0.3, -0.25) is 9.59 Å². The molecule has 0 aromatic heterocycles. The summed E-state index contributed by atoms with van der Waals surface area (Å²) < 4.78 is 0. The quantitative estimate of drug-likeness (QED) is 0.497. The molecule has 4 atom stereocenters. The number of carbonyl (C=O) groups excluding carboxylic acids is 2. The molecule has 2 aromatic carbocycles. The Morgan fingerprint density at radius 2 is 1.81 bits per heavy atom. The van der Waals surface area contributed by atoms with Gasteiger partial charge in [0.2, 0.25) is 11.8 Å². The molecule has 2 amide bonds. The van der Waals surface area contributed by atoms with Crippen LogP contribution in [-0.2, 0) is 21.4 Å². The van der Waals surface area contributed by atoms with Gasteiger partial charge in [-0.15, -0.1) is 0 Å². The molecule has 7 heteroatoms. The predicted molar refractivity (Wildman–Crippen MR) is 142 cm³/mol. The number of carbonyl (C=O) groups is 2. The van der Waals surface area contributed by atoms with Gasteiger partial charge in [0, 0.05) is 28.7 Å². The highest BCUT2D eigenvalue weighted by atomic mass is 35.5. The van der Waals surface area contributed by atoms with Crippen molar-refractivity contribution in [1.29, 1.82) is 0 Å². The van der Waals surface area contributed by atoms with Crippen LogP contribution in [0.5, 0.6) is 0 Å². The van der Waals surface area contributed by atoms with Crippen LogP contribution in [0.2, 0.25) is 5.02 Å². The summed E-state index contributed by atoms with van der Waals surface area (Å²) >= 11 is 6.31. The molecule has 1 unspecified atom stereocenters. The van der Waals surface area contributed by atoms with Crippen molar-refractivity contribution in [2.75, 3.05) is 5.32 Å². The van der Waals surface area contributed by atoms with E-state index in [1.54, 1.807) is 0 Å². The third-order valence-electron chi connectivity index (χ3n) is 8.33. The number of aliphatic hydroxyl groups excluding tert-OH is 1. The molecule has 2 aromatic rings. The van der Waals surface area contributed by atoms with E-state index in [-0.39, 0.29) is 41.3 Å². The highest BCUT2D eigenvalue weighted by Gasteiger charge is 2.67. The lowest BCUT2D eigenvalue weighted by atomic mass is 9.60. The summed E-state index contributed by atoms with van der Waals surface area (Å²) in [5.41, 5.74) is 1.48. The Morgan fingerprint density at radius 3 is 2.47 bits per heavy atom. The lowest BCUT2D eigenvalue weighted by Crippen LogP contribution is -2.55. The Balaban J connectivity index is 1.59. The van der Waals surface area contributed by atoms with E-state index in [0.717, 1.165) is 29.7 Å². The van der Waals surface area contributed by atoms with Crippen molar-refractivity contribution < 1.29 is 14.7 Å². The molecular formula is C29H36ClN3O3. The summed E-state index contributed by atoms with van der Waals surface area (Å²) in [7, 11) is 0. The lowest BCUT2D eigenvalue weighted by molar-refractivity contribution is -0.126. The molecule has 192 valence electrons. The smallest absolute Gasteiger partial charge is 0.237 e. The van der Waals surface area contributed by atoms with E-state index >= 15 is 0 Å². The SMILES string of the molecule is CC(C)(C)C1N[C@@H](C(=O)NC2CCC(O)CC2)[C@H](Cc2ccccc2)[C@]12C(=O)Nc1cc(Cl)ccc12. The van der Waals surface area contributed by atoms with Gasteiger partial charge in [-0.1, -0.05) is 68.8 Å². The second-order valence-corrected chi connectivity index (χ2v) is 12.2. The zero-order valence-electron chi connectivity index (χ0n) is 21.2. The number of hydrogen-bond acceptors (Lipinski definition) is 4. The Bertz CT molecular complexity index is 1140. The number of anilines is 1. The summed E-state index contributed by atoms with van der Waals surface area (Å²) in [6.07, 6.45) is 3.21.